The van der Waals surface area contributed by atoms with Gasteiger partial charge in [-0.25, -0.2) is 13.6 Å². The van der Waals surface area contributed by atoms with Crippen LogP contribution in [0.2, 0.25) is 0 Å². The molecule has 0 spiro atoms. The molecular weight excluding hydrogens is 396 g/mol. The summed E-state index contributed by atoms with van der Waals surface area (Å²) in [6.45, 7) is 0.435. The Balaban J connectivity index is 1.69. The van der Waals surface area contributed by atoms with E-state index >= 15 is 0 Å². The molecule has 0 saturated carbocycles. The monoisotopic (exact) mass is 412 g/mol. The van der Waals surface area contributed by atoms with Crippen LogP contribution >= 0.6 is 0 Å². The van der Waals surface area contributed by atoms with Crippen LogP contribution in [0.5, 0.6) is 0 Å². The summed E-state index contributed by atoms with van der Waals surface area (Å²) in [5.41, 5.74) is 1.81. The molecule has 0 saturated heterocycles. The number of aromatic nitrogens is 5. The maximum absolute atomic E-state index is 11.6. The highest BCUT2D eigenvalue weighted by molar-refractivity contribution is 7.89. The third kappa shape index (κ3) is 3.86. The van der Waals surface area contributed by atoms with E-state index in [1.54, 1.807) is 42.5 Å². The van der Waals surface area contributed by atoms with Crippen LogP contribution in [0.3, 0.4) is 0 Å². The van der Waals surface area contributed by atoms with Gasteiger partial charge in [-0.2, -0.15) is 10.1 Å². The molecular formula is C18H16N6O4S. The van der Waals surface area contributed by atoms with Gasteiger partial charge in [0.2, 0.25) is 15.8 Å². The summed E-state index contributed by atoms with van der Waals surface area (Å²) in [6.07, 6.45) is 4.96. The number of hydrogen-bond donors (Lipinski definition) is 1. The molecule has 0 fully saturated rings. The molecule has 0 amide bonds. The Hall–Kier alpha value is -3.57. The summed E-state index contributed by atoms with van der Waals surface area (Å²) in [7, 11) is -2.06. The molecule has 11 heteroatoms. The number of sulfonamides is 1. The van der Waals surface area contributed by atoms with E-state index in [4.69, 9.17) is 9.66 Å². The lowest BCUT2D eigenvalue weighted by Crippen LogP contribution is -2.11. The lowest BCUT2D eigenvalue weighted by atomic mass is 10.2. The van der Waals surface area contributed by atoms with Crippen LogP contribution in [0, 0.1) is 0 Å². The maximum Gasteiger partial charge on any atom is 0.261 e. The first kappa shape index (κ1) is 18.8. The molecule has 0 aliphatic carbocycles. The van der Waals surface area contributed by atoms with E-state index in [1.807, 2.05) is 4.57 Å². The zero-order valence-corrected chi connectivity index (χ0v) is 16.1. The summed E-state index contributed by atoms with van der Waals surface area (Å²) in [6, 6.07) is 8.93. The van der Waals surface area contributed by atoms with Crippen molar-refractivity contribution in [3.63, 3.8) is 0 Å². The number of pyridine rings is 1. The molecule has 3 aromatic heterocycles. The van der Waals surface area contributed by atoms with Crippen molar-refractivity contribution in [1.82, 2.24) is 24.5 Å². The fourth-order valence-electron chi connectivity index (χ4n) is 2.81. The highest BCUT2D eigenvalue weighted by atomic mass is 32.2. The molecule has 0 unspecified atom stereocenters. The number of aryl methyl sites for hydroxylation is 1. The third-order valence-corrected chi connectivity index (χ3v) is 5.24. The normalized spacial score (nSPS) is 11.7. The predicted molar refractivity (Wildman–Crippen MR) is 103 cm³/mol. The van der Waals surface area contributed by atoms with Crippen molar-refractivity contribution in [2.75, 3.05) is 0 Å². The lowest BCUT2D eigenvalue weighted by Gasteiger charge is -2.07. The van der Waals surface area contributed by atoms with Gasteiger partial charge in [0, 0.05) is 37.1 Å². The first-order valence-electron chi connectivity index (χ1n) is 8.45. The van der Waals surface area contributed by atoms with Gasteiger partial charge in [0.25, 0.3) is 5.89 Å². The predicted octanol–water partition coefficient (Wildman–Crippen LogP) is 0.995. The van der Waals surface area contributed by atoms with Gasteiger partial charge in [-0.3, -0.25) is 9.48 Å². The van der Waals surface area contributed by atoms with Crippen molar-refractivity contribution in [2.24, 2.45) is 12.2 Å². The maximum atomic E-state index is 11.6. The highest BCUT2D eigenvalue weighted by Gasteiger charge is 2.19. The molecule has 148 valence electrons. The molecule has 4 aromatic rings. The van der Waals surface area contributed by atoms with Crippen molar-refractivity contribution in [3.05, 3.63) is 70.9 Å². The SMILES string of the molecule is Cn1ncc(-c2nc(-c3cccc(S(N)(=O)=O)c3)no2)c1Cn1ccc(=O)cc1. The lowest BCUT2D eigenvalue weighted by molar-refractivity contribution is 0.431. The molecule has 10 nitrogen and oxygen atoms in total. The molecule has 3 heterocycles. The summed E-state index contributed by atoms with van der Waals surface area (Å²) in [5.74, 6) is 0.466. The van der Waals surface area contributed by atoms with Crippen LogP contribution in [0.4, 0.5) is 0 Å². The van der Waals surface area contributed by atoms with Gasteiger partial charge in [-0.15, -0.1) is 0 Å². The van der Waals surface area contributed by atoms with E-state index in [0.29, 0.717) is 17.7 Å². The summed E-state index contributed by atoms with van der Waals surface area (Å²) < 4.78 is 32.0. The van der Waals surface area contributed by atoms with Crippen molar-refractivity contribution in [1.29, 1.82) is 0 Å². The second-order valence-electron chi connectivity index (χ2n) is 6.33. The molecule has 0 atom stereocenters. The number of nitrogens with two attached hydrogens (primary N) is 1. The van der Waals surface area contributed by atoms with Crippen LogP contribution in [-0.2, 0) is 23.6 Å². The number of benzene rings is 1. The smallest absolute Gasteiger partial charge is 0.261 e. The Labute approximate surface area is 165 Å². The Bertz CT molecular complexity index is 1330. The van der Waals surface area contributed by atoms with Gasteiger partial charge in [0.15, 0.2) is 5.43 Å². The summed E-state index contributed by atoms with van der Waals surface area (Å²) >= 11 is 0. The third-order valence-electron chi connectivity index (χ3n) is 4.33. The quantitative estimate of drug-likeness (QED) is 0.516. The Morgan fingerprint density at radius 2 is 1.93 bits per heavy atom. The van der Waals surface area contributed by atoms with E-state index < -0.39 is 10.0 Å². The zero-order valence-electron chi connectivity index (χ0n) is 15.3. The summed E-state index contributed by atoms with van der Waals surface area (Å²) in [4.78, 5) is 15.6. The van der Waals surface area contributed by atoms with Crippen LogP contribution in [0.25, 0.3) is 22.8 Å². The van der Waals surface area contributed by atoms with E-state index in [2.05, 4.69) is 15.2 Å². The van der Waals surface area contributed by atoms with Crippen molar-refractivity contribution in [3.8, 4) is 22.8 Å². The van der Waals surface area contributed by atoms with Crippen molar-refractivity contribution < 1.29 is 12.9 Å². The highest BCUT2D eigenvalue weighted by Crippen LogP contribution is 2.26. The Morgan fingerprint density at radius 1 is 1.17 bits per heavy atom. The molecule has 0 aliphatic rings. The number of primary sulfonamides is 1. The van der Waals surface area contributed by atoms with Gasteiger partial charge >= 0.3 is 0 Å². The van der Waals surface area contributed by atoms with Gasteiger partial charge < -0.3 is 9.09 Å². The van der Waals surface area contributed by atoms with Gasteiger partial charge in [0.05, 0.1) is 28.9 Å². The molecule has 2 N–H and O–H groups in total. The van der Waals surface area contributed by atoms with Crippen LogP contribution in [0.15, 0.2) is 69.2 Å². The molecule has 29 heavy (non-hydrogen) atoms. The fourth-order valence-corrected chi connectivity index (χ4v) is 3.37. The average molecular weight is 412 g/mol. The minimum absolute atomic E-state index is 0.0402. The Kier molecular flexibility index (Phi) is 4.60. The standard InChI is InChI=1S/C18H16N6O4S/c1-23-16(11-24-7-5-13(25)6-8-24)15(10-20-23)18-21-17(22-28-18)12-3-2-4-14(9-12)29(19,26)27/h2-10H,11H2,1H3,(H2,19,26,27). The second-order valence-corrected chi connectivity index (χ2v) is 7.89. The molecule has 0 radical (unpaired) electrons. The van der Waals surface area contributed by atoms with Gasteiger partial charge in [0.1, 0.15) is 0 Å². The molecule has 1 aromatic carbocycles. The van der Waals surface area contributed by atoms with E-state index in [-0.39, 0.29) is 22.0 Å². The second kappa shape index (κ2) is 7.11. The molecule has 0 bridgehead atoms. The largest absolute Gasteiger partial charge is 0.348 e. The minimum Gasteiger partial charge on any atom is -0.348 e. The van der Waals surface area contributed by atoms with Gasteiger partial charge in [-0.1, -0.05) is 17.3 Å². The Morgan fingerprint density at radius 3 is 2.66 bits per heavy atom. The van der Waals surface area contributed by atoms with E-state index in [1.165, 1.54) is 24.3 Å². The molecule has 0 aliphatic heterocycles. The average Bonchev–Trinajstić information content (AvgIpc) is 3.31. The van der Waals surface area contributed by atoms with E-state index in [0.717, 1.165) is 5.69 Å². The number of hydrogen-bond acceptors (Lipinski definition) is 7. The zero-order chi connectivity index (χ0) is 20.6. The van der Waals surface area contributed by atoms with Crippen LogP contribution in [0.1, 0.15) is 5.69 Å². The van der Waals surface area contributed by atoms with Crippen molar-refractivity contribution >= 4 is 10.0 Å². The minimum atomic E-state index is -3.84. The fraction of sp³-hybridized carbons (Fsp3) is 0.111. The number of rotatable bonds is 5. The van der Waals surface area contributed by atoms with Crippen molar-refractivity contribution in [2.45, 2.75) is 11.4 Å². The summed E-state index contributed by atoms with van der Waals surface area (Å²) in [5, 5.41) is 13.4. The van der Waals surface area contributed by atoms with E-state index in [9.17, 15) is 13.2 Å². The van der Waals surface area contributed by atoms with Gasteiger partial charge in [-0.05, 0) is 12.1 Å². The first-order chi connectivity index (χ1) is 13.8. The topological polar surface area (TPSA) is 139 Å². The first-order valence-corrected chi connectivity index (χ1v) is 10.0. The number of nitrogens with zero attached hydrogens (tertiary/aromatic N) is 5. The van der Waals surface area contributed by atoms with Crippen LogP contribution < -0.4 is 10.6 Å². The van der Waals surface area contributed by atoms with Crippen LogP contribution in [-0.4, -0.2) is 32.9 Å². The molecule has 4 rings (SSSR count).